The molecule has 1 N–H and O–H groups in total. The number of esters is 1. The topological polar surface area (TPSA) is 84.4 Å². The molecule has 7 nitrogen and oxygen atoms in total. The van der Waals surface area contributed by atoms with Crippen LogP contribution < -0.4 is 5.32 Å². The molecule has 7 heteroatoms. The van der Waals surface area contributed by atoms with Gasteiger partial charge in [0.2, 0.25) is 5.95 Å². The first-order valence-electron chi connectivity index (χ1n) is 7.75. The molecule has 1 saturated heterocycles. The molecular weight excluding hydrogens is 308 g/mol. The van der Waals surface area contributed by atoms with Crippen molar-refractivity contribution >= 4 is 23.5 Å². The van der Waals surface area contributed by atoms with E-state index in [2.05, 4.69) is 15.3 Å². The second-order valence-corrected chi connectivity index (χ2v) is 5.46. The van der Waals surface area contributed by atoms with E-state index in [1.807, 2.05) is 0 Å². The van der Waals surface area contributed by atoms with Crippen molar-refractivity contribution in [2.75, 3.05) is 25.5 Å². The van der Waals surface area contributed by atoms with Gasteiger partial charge in [0, 0.05) is 25.0 Å². The van der Waals surface area contributed by atoms with Gasteiger partial charge in [-0.05, 0) is 37.1 Å². The van der Waals surface area contributed by atoms with Gasteiger partial charge < -0.3 is 15.0 Å². The van der Waals surface area contributed by atoms with Crippen LogP contribution >= 0.6 is 0 Å². The fourth-order valence-corrected chi connectivity index (χ4v) is 2.59. The number of nitrogens with zero attached hydrogens (tertiary/aromatic N) is 3. The Morgan fingerprint density at radius 2 is 2.00 bits per heavy atom. The van der Waals surface area contributed by atoms with Crippen molar-refractivity contribution in [3.8, 4) is 0 Å². The van der Waals surface area contributed by atoms with E-state index in [9.17, 15) is 9.59 Å². The van der Waals surface area contributed by atoms with Crippen LogP contribution in [0.5, 0.6) is 0 Å². The van der Waals surface area contributed by atoms with Gasteiger partial charge in [-0.2, -0.15) is 0 Å². The molecule has 0 radical (unpaired) electrons. The van der Waals surface area contributed by atoms with Crippen LogP contribution in [0.2, 0.25) is 0 Å². The van der Waals surface area contributed by atoms with Crippen LogP contribution in [0.4, 0.5) is 11.6 Å². The van der Waals surface area contributed by atoms with Crippen LogP contribution in [0.1, 0.15) is 33.7 Å². The van der Waals surface area contributed by atoms with Crippen LogP contribution in [0.25, 0.3) is 0 Å². The number of amides is 1. The number of hydrogen-bond donors (Lipinski definition) is 1. The average molecular weight is 326 g/mol. The summed E-state index contributed by atoms with van der Waals surface area (Å²) in [6.45, 7) is 1.54. The number of carbonyl (C=O) groups excluding carboxylic acids is 2. The van der Waals surface area contributed by atoms with Crippen LogP contribution in [0.3, 0.4) is 0 Å². The predicted octanol–water partition coefficient (Wildman–Crippen LogP) is 2.24. The Labute approximate surface area is 139 Å². The molecule has 0 saturated carbocycles. The second kappa shape index (κ2) is 7.08. The third kappa shape index (κ3) is 3.51. The van der Waals surface area contributed by atoms with E-state index in [0.717, 1.165) is 25.9 Å². The quantitative estimate of drug-likeness (QED) is 0.868. The highest BCUT2D eigenvalue weighted by Crippen LogP contribution is 2.17. The number of benzene rings is 1. The van der Waals surface area contributed by atoms with Crippen molar-refractivity contribution in [3.63, 3.8) is 0 Å². The van der Waals surface area contributed by atoms with Crippen molar-refractivity contribution < 1.29 is 14.3 Å². The van der Waals surface area contributed by atoms with Crippen molar-refractivity contribution in [2.45, 2.75) is 12.8 Å². The summed E-state index contributed by atoms with van der Waals surface area (Å²) >= 11 is 0. The highest BCUT2D eigenvalue weighted by atomic mass is 16.5. The number of nitrogens with one attached hydrogen (secondary N) is 1. The van der Waals surface area contributed by atoms with E-state index in [0.29, 0.717) is 22.9 Å². The van der Waals surface area contributed by atoms with Gasteiger partial charge in [-0.1, -0.05) is 6.07 Å². The third-order valence-corrected chi connectivity index (χ3v) is 3.81. The Morgan fingerprint density at radius 3 is 2.75 bits per heavy atom. The van der Waals surface area contributed by atoms with E-state index in [1.165, 1.54) is 7.11 Å². The van der Waals surface area contributed by atoms with Gasteiger partial charge in [-0.25, -0.2) is 14.8 Å². The number of rotatable bonds is 4. The van der Waals surface area contributed by atoms with Crippen LogP contribution in [0, 0.1) is 0 Å². The summed E-state index contributed by atoms with van der Waals surface area (Å²) in [6.07, 6.45) is 3.60. The van der Waals surface area contributed by atoms with Crippen molar-refractivity contribution in [3.05, 3.63) is 47.8 Å². The Bertz CT molecular complexity index is 757. The zero-order valence-electron chi connectivity index (χ0n) is 13.4. The summed E-state index contributed by atoms with van der Waals surface area (Å²) in [5, 5.41) is 3.01. The normalized spacial score (nSPS) is 13.6. The SMILES string of the molecule is COC(=O)c1cccc(Nc2nccc(C(=O)N3CCCC3)n2)c1. The molecule has 0 bridgehead atoms. The molecule has 1 aromatic carbocycles. The number of aromatic nitrogens is 2. The molecule has 1 aliphatic rings. The summed E-state index contributed by atoms with van der Waals surface area (Å²) < 4.78 is 4.70. The lowest BCUT2D eigenvalue weighted by Crippen LogP contribution is -2.28. The summed E-state index contributed by atoms with van der Waals surface area (Å²) in [7, 11) is 1.33. The van der Waals surface area contributed by atoms with E-state index in [1.54, 1.807) is 41.4 Å². The summed E-state index contributed by atoms with van der Waals surface area (Å²) in [5.41, 5.74) is 1.42. The Kier molecular flexibility index (Phi) is 4.69. The lowest BCUT2D eigenvalue weighted by molar-refractivity contribution is 0.0600. The molecule has 1 fully saturated rings. The molecular formula is C17H18N4O3. The van der Waals surface area contributed by atoms with Gasteiger partial charge in [0.05, 0.1) is 12.7 Å². The average Bonchev–Trinajstić information content (AvgIpc) is 3.15. The Balaban J connectivity index is 1.77. The first-order valence-corrected chi connectivity index (χ1v) is 7.75. The summed E-state index contributed by atoms with van der Waals surface area (Å²) in [5.74, 6) is -0.194. The minimum Gasteiger partial charge on any atom is -0.465 e. The highest BCUT2D eigenvalue weighted by Gasteiger charge is 2.20. The maximum Gasteiger partial charge on any atom is 0.337 e. The fourth-order valence-electron chi connectivity index (χ4n) is 2.59. The summed E-state index contributed by atoms with van der Waals surface area (Å²) in [6, 6.07) is 8.42. The van der Waals surface area contributed by atoms with E-state index in [4.69, 9.17) is 4.74 Å². The minimum absolute atomic E-state index is 0.0822. The van der Waals surface area contributed by atoms with Gasteiger partial charge in [-0.3, -0.25) is 4.79 Å². The lowest BCUT2D eigenvalue weighted by atomic mass is 10.2. The zero-order valence-corrected chi connectivity index (χ0v) is 13.4. The summed E-state index contributed by atoms with van der Waals surface area (Å²) in [4.78, 5) is 34.2. The minimum atomic E-state index is -0.419. The molecule has 1 aromatic heterocycles. The molecule has 0 unspecified atom stereocenters. The van der Waals surface area contributed by atoms with Gasteiger partial charge in [0.25, 0.3) is 5.91 Å². The number of methoxy groups -OCH3 is 1. The predicted molar refractivity (Wildman–Crippen MR) is 88.2 cm³/mol. The molecule has 0 aliphatic carbocycles. The van der Waals surface area contributed by atoms with Gasteiger partial charge in [-0.15, -0.1) is 0 Å². The van der Waals surface area contributed by atoms with Crippen molar-refractivity contribution in [2.24, 2.45) is 0 Å². The van der Waals surface area contributed by atoms with Crippen LogP contribution in [0.15, 0.2) is 36.5 Å². The van der Waals surface area contributed by atoms with E-state index >= 15 is 0 Å². The number of ether oxygens (including phenoxy) is 1. The molecule has 1 amide bonds. The maximum atomic E-state index is 12.4. The number of anilines is 2. The molecule has 2 heterocycles. The van der Waals surface area contributed by atoms with Crippen molar-refractivity contribution in [1.82, 2.24) is 14.9 Å². The first-order chi connectivity index (χ1) is 11.7. The lowest BCUT2D eigenvalue weighted by Gasteiger charge is -2.14. The van der Waals surface area contributed by atoms with Gasteiger partial charge >= 0.3 is 5.97 Å². The smallest absolute Gasteiger partial charge is 0.337 e. The van der Waals surface area contributed by atoms with Gasteiger partial charge in [0.1, 0.15) is 5.69 Å². The molecule has 2 aromatic rings. The Morgan fingerprint density at radius 1 is 1.21 bits per heavy atom. The second-order valence-electron chi connectivity index (χ2n) is 5.46. The monoisotopic (exact) mass is 326 g/mol. The van der Waals surface area contributed by atoms with Gasteiger partial charge in [0.15, 0.2) is 0 Å². The molecule has 124 valence electrons. The van der Waals surface area contributed by atoms with E-state index in [-0.39, 0.29) is 5.91 Å². The molecule has 0 atom stereocenters. The number of carbonyl (C=O) groups is 2. The number of likely N-dealkylation sites (tertiary alicyclic amines) is 1. The zero-order chi connectivity index (χ0) is 16.9. The van der Waals surface area contributed by atoms with Crippen molar-refractivity contribution in [1.29, 1.82) is 0 Å². The van der Waals surface area contributed by atoms with Crippen LogP contribution in [-0.2, 0) is 4.74 Å². The molecule has 0 spiro atoms. The van der Waals surface area contributed by atoms with Crippen LogP contribution in [-0.4, -0.2) is 46.9 Å². The standard InChI is InChI=1S/C17H18N4O3/c1-24-16(23)12-5-4-6-13(11-12)19-17-18-8-7-14(20-17)15(22)21-9-2-3-10-21/h4-8,11H,2-3,9-10H2,1H3,(H,18,19,20). The largest absolute Gasteiger partial charge is 0.465 e. The Hall–Kier alpha value is -2.96. The first kappa shape index (κ1) is 15.9. The molecule has 3 rings (SSSR count). The third-order valence-electron chi connectivity index (χ3n) is 3.81. The maximum absolute atomic E-state index is 12.4. The fraction of sp³-hybridized carbons (Fsp3) is 0.294. The van der Waals surface area contributed by atoms with E-state index < -0.39 is 5.97 Å². The molecule has 1 aliphatic heterocycles. The number of hydrogen-bond acceptors (Lipinski definition) is 6. The highest BCUT2D eigenvalue weighted by molar-refractivity contribution is 5.93. The molecule has 24 heavy (non-hydrogen) atoms.